The van der Waals surface area contributed by atoms with E-state index in [1.54, 1.807) is 19.9 Å². The standard InChI is InChI=1S/C15H20FNO4S/c1-10-3-4-13(14(16)7-10)9-22(20,21)17-6-5-12(15(18)19)8-11(17)2/h3-4,7,11-12H,5-6,8-9H2,1-2H3,(H,18,19)/t11-,12-/m1/s1. The predicted octanol–water partition coefficient (Wildman–Crippen LogP) is 2.15. The second-order valence-electron chi connectivity index (χ2n) is 5.87. The van der Waals surface area contributed by atoms with E-state index in [0.717, 1.165) is 5.56 Å². The molecule has 1 aromatic rings. The molecule has 0 aliphatic carbocycles. The third-order valence-electron chi connectivity index (χ3n) is 4.07. The van der Waals surface area contributed by atoms with Crippen molar-refractivity contribution in [2.45, 2.75) is 38.5 Å². The minimum atomic E-state index is -3.67. The molecule has 0 spiro atoms. The summed E-state index contributed by atoms with van der Waals surface area (Å²) >= 11 is 0. The number of sulfonamides is 1. The minimum Gasteiger partial charge on any atom is -0.481 e. The van der Waals surface area contributed by atoms with Crippen LogP contribution in [-0.4, -0.2) is 36.4 Å². The summed E-state index contributed by atoms with van der Waals surface area (Å²) in [5, 5.41) is 9.03. The Labute approximate surface area is 129 Å². The molecule has 0 unspecified atom stereocenters. The maximum atomic E-state index is 13.9. The van der Waals surface area contributed by atoms with Gasteiger partial charge in [-0.15, -0.1) is 0 Å². The van der Waals surface area contributed by atoms with Crippen LogP contribution in [0.3, 0.4) is 0 Å². The fourth-order valence-corrected chi connectivity index (χ4v) is 4.65. The van der Waals surface area contributed by atoms with Gasteiger partial charge in [0.2, 0.25) is 10.0 Å². The number of carboxylic acid groups (broad SMARTS) is 1. The fraction of sp³-hybridized carbons (Fsp3) is 0.533. The molecule has 0 radical (unpaired) electrons. The average Bonchev–Trinajstić information content (AvgIpc) is 2.41. The second kappa shape index (κ2) is 6.34. The molecule has 2 atom stereocenters. The Bertz CT molecular complexity index is 674. The maximum absolute atomic E-state index is 13.9. The van der Waals surface area contributed by atoms with Crippen molar-refractivity contribution >= 4 is 16.0 Å². The van der Waals surface area contributed by atoms with Crippen LogP contribution in [0.15, 0.2) is 18.2 Å². The summed E-state index contributed by atoms with van der Waals surface area (Å²) in [6.45, 7) is 3.59. The Hall–Kier alpha value is -1.47. The second-order valence-corrected chi connectivity index (χ2v) is 7.79. The van der Waals surface area contributed by atoms with Crippen molar-refractivity contribution in [3.8, 4) is 0 Å². The third-order valence-corrected chi connectivity index (χ3v) is 6.00. The number of aryl methyl sites for hydroxylation is 1. The first-order valence-electron chi connectivity index (χ1n) is 7.18. The number of benzene rings is 1. The van der Waals surface area contributed by atoms with E-state index >= 15 is 0 Å². The van der Waals surface area contributed by atoms with Crippen molar-refractivity contribution < 1.29 is 22.7 Å². The summed E-state index contributed by atoms with van der Waals surface area (Å²) in [5.74, 6) is -2.34. The van der Waals surface area contributed by atoms with Gasteiger partial charge < -0.3 is 5.11 Å². The largest absolute Gasteiger partial charge is 0.481 e. The molecule has 1 N–H and O–H groups in total. The van der Waals surface area contributed by atoms with Gasteiger partial charge in [-0.05, 0) is 38.3 Å². The smallest absolute Gasteiger partial charge is 0.306 e. The van der Waals surface area contributed by atoms with Gasteiger partial charge in [0.05, 0.1) is 11.7 Å². The predicted molar refractivity (Wildman–Crippen MR) is 80.3 cm³/mol. The van der Waals surface area contributed by atoms with Crippen molar-refractivity contribution in [3.63, 3.8) is 0 Å². The molecule has 0 aromatic heterocycles. The molecule has 22 heavy (non-hydrogen) atoms. The number of nitrogens with zero attached hydrogens (tertiary/aromatic N) is 1. The molecule has 0 saturated carbocycles. The van der Waals surface area contributed by atoms with E-state index in [1.807, 2.05) is 0 Å². The topological polar surface area (TPSA) is 74.7 Å². The highest BCUT2D eigenvalue weighted by atomic mass is 32.2. The summed E-state index contributed by atoms with van der Waals surface area (Å²) in [4.78, 5) is 11.0. The molecule has 2 rings (SSSR count). The van der Waals surface area contributed by atoms with Crippen LogP contribution in [0.5, 0.6) is 0 Å². The summed E-state index contributed by atoms with van der Waals surface area (Å²) in [5.41, 5.74) is 0.868. The van der Waals surface area contributed by atoms with Crippen LogP contribution >= 0.6 is 0 Å². The van der Waals surface area contributed by atoms with E-state index in [9.17, 15) is 17.6 Å². The van der Waals surface area contributed by atoms with Crippen LogP contribution in [0.1, 0.15) is 30.9 Å². The molecular weight excluding hydrogens is 309 g/mol. The van der Waals surface area contributed by atoms with E-state index in [0.29, 0.717) is 0 Å². The zero-order chi connectivity index (χ0) is 16.5. The molecule has 1 fully saturated rings. The third kappa shape index (κ3) is 3.64. The van der Waals surface area contributed by atoms with Gasteiger partial charge in [0.1, 0.15) is 5.82 Å². The molecule has 1 aliphatic heterocycles. The van der Waals surface area contributed by atoms with Gasteiger partial charge in [0.25, 0.3) is 0 Å². The number of rotatable bonds is 4. The normalized spacial score (nSPS) is 23.4. The minimum absolute atomic E-state index is 0.137. The Morgan fingerprint density at radius 1 is 1.45 bits per heavy atom. The van der Waals surface area contributed by atoms with E-state index in [4.69, 9.17) is 5.11 Å². The molecule has 0 amide bonds. The Kier molecular flexibility index (Phi) is 4.87. The first kappa shape index (κ1) is 16.9. The average molecular weight is 329 g/mol. The van der Waals surface area contributed by atoms with Gasteiger partial charge in [0.15, 0.2) is 0 Å². The maximum Gasteiger partial charge on any atom is 0.306 e. The van der Waals surface area contributed by atoms with Crippen molar-refractivity contribution in [2.75, 3.05) is 6.54 Å². The number of piperidine rings is 1. The highest BCUT2D eigenvalue weighted by Gasteiger charge is 2.36. The molecule has 1 saturated heterocycles. The van der Waals surface area contributed by atoms with E-state index < -0.39 is 39.5 Å². The molecule has 7 heteroatoms. The lowest BCUT2D eigenvalue weighted by Gasteiger charge is -2.35. The van der Waals surface area contributed by atoms with Crippen LogP contribution < -0.4 is 0 Å². The Morgan fingerprint density at radius 2 is 2.14 bits per heavy atom. The molecular formula is C15H20FNO4S. The lowest BCUT2D eigenvalue weighted by Crippen LogP contribution is -2.46. The van der Waals surface area contributed by atoms with E-state index in [-0.39, 0.29) is 24.9 Å². The van der Waals surface area contributed by atoms with Gasteiger partial charge in [-0.1, -0.05) is 12.1 Å². The Balaban J connectivity index is 2.15. The molecule has 0 bridgehead atoms. The van der Waals surface area contributed by atoms with Crippen LogP contribution in [0.2, 0.25) is 0 Å². The molecule has 122 valence electrons. The molecule has 1 heterocycles. The van der Waals surface area contributed by atoms with Crippen LogP contribution in [0.4, 0.5) is 4.39 Å². The summed E-state index contributed by atoms with van der Waals surface area (Å²) < 4.78 is 40.1. The van der Waals surface area contributed by atoms with E-state index in [1.165, 1.54) is 16.4 Å². The zero-order valence-electron chi connectivity index (χ0n) is 12.6. The first-order valence-corrected chi connectivity index (χ1v) is 8.79. The monoisotopic (exact) mass is 329 g/mol. The van der Waals surface area contributed by atoms with Gasteiger partial charge >= 0.3 is 5.97 Å². The van der Waals surface area contributed by atoms with Crippen LogP contribution in [0.25, 0.3) is 0 Å². The molecule has 5 nitrogen and oxygen atoms in total. The number of hydrogen-bond acceptors (Lipinski definition) is 3. The van der Waals surface area contributed by atoms with Crippen molar-refractivity contribution in [3.05, 3.63) is 35.1 Å². The van der Waals surface area contributed by atoms with Crippen molar-refractivity contribution in [2.24, 2.45) is 5.92 Å². The Morgan fingerprint density at radius 3 is 2.68 bits per heavy atom. The number of aliphatic carboxylic acids is 1. The zero-order valence-corrected chi connectivity index (χ0v) is 13.4. The highest BCUT2D eigenvalue weighted by Crippen LogP contribution is 2.27. The number of hydrogen-bond donors (Lipinski definition) is 1. The van der Waals surface area contributed by atoms with Gasteiger partial charge in [-0.2, -0.15) is 4.31 Å². The van der Waals surface area contributed by atoms with Crippen molar-refractivity contribution in [1.29, 1.82) is 0 Å². The van der Waals surface area contributed by atoms with Gasteiger partial charge in [-0.25, -0.2) is 12.8 Å². The van der Waals surface area contributed by atoms with E-state index in [2.05, 4.69) is 0 Å². The van der Waals surface area contributed by atoms with Crippen LogP contribution in [0, 0.1) is 18.7 Å². The highest BCUT2D eigenvalue weighted by molar-refractivity contribution is 7.88. The number of carbonyl (C=O) groups is 1. The van der Waals surface area contributed by atoms with Crippen LogP contribution in [-0.2, 0) is 20.6 Å². The summed E-state index contributed by atoms with van der Waals surface area (Å²) in [6.07, 6.45) is 0.570. The SMILES string of the molecule is Cc1ccc(CS(=O)(=O)N2CC[C@@H](C(=O)O)C[C@H]2C)c(F)c1. The number of halogens is 1. The quantitative estimate of drug-likeness (QED) is 0.918. The first-order chi connectivity index (χ1) is 10.2. The van der Waals surface area contributed by atoms with Crippen molar-refractivity contribution in [1.82, 2.24) is 4.31 Å². The summed E-state index contributed by atoms with van der Waals surface area (Å²) in [6, 6.07) is 4.07. The fourth-order valence-electron chi connectivity index (χ4n) is 2.84. The molecule has 1 aliphatic rings. The van der Waals surface area contributed by atoms with Gasteiger partial charge in [0, 0.05) is 18.2 Å². The lowest BCUT2D eigenvalue weighted by molar-refractivity contribution is -0.143. The lowest BCUT2D eigenvalue weighted by atomic mass is 9.93. The summed E-state index contributed by atoms with van der Waals surface area (Å²) in [7, 11) is -3.67. The number of carboxylic acids is 1. The molecule has 1 aromatic carbocycles. The van der Waals surface area contributed by atoms with Gasteiger partial charge in [-0.3, -0.25) is 4.79 Å².